The zero-order chi connectivity index (χ0) is 15.5. The lowest BCUT2D eigenvalue weighted by atomic mass is 10.1. The van der Waals surface area contributed by atoms with E-state index in [0.29, 0.717) is 43.9 Å². The summed E-state index contributed by atoms with van der Waals surface area (Å²) in [5, 5.41) is 1.48. The monoisotopic (exact) mass is 300 g/mol. The molecule has 5 heteroatoms. The van der Waals surface area contributed by atoms with Gasteiger partial charge in [0.25, 0.3) is 11.5 Å². The maximum atomic E-state index is 12.8. The second-order valence-corrected chi connectivity index (χ2v) is 5.48. The van der Waals surface area contributed by atoms with Gasteiger partial charge in [-0.3, -0.25) is 9.59 Å². The zero-order valence-corrected chi connectivity index (χ0v) is 12.7. The Morgan fingerprint density at radius 1 is 1.23 bits per heavy atom. The van der Waals surface area contributed by atoms with E-state index in [-0.39, 0.29) is 11.5 Å². The van der Waals surface area contributed by atoms with E-state index in [0.717, 1.165) is 11.8 Å². The Morgan fingerprint density at radius 2 is 1.95 bits per heavy atom. The van der Waals surface area contributed by atoms with Crippen LogP contribution >= 0.6 is 0 Å². The second kappa shape index (κ2) is 6.32. The fourth-order valence-electron chi connectivity index (χ4n) is 2.85. The molecule has 0 unspecified atom stereocenters. The van der Waals surface area contributed by atoms with Crippen molar-refractivity contribution in [3.63, 3.8) is 0 Å². The molecular weight excluding hydrogens is 280 g/mol. The molecule has 0 saturated carbocycles. The third-order valence-corrected chi connectivity index (χ3v) is 3.98. The summed E-state index contributed by atoms with van der Waals surface area (Å²) in [5.74, 6) is -0.0837. The number of pyridine rings is 1. The van der Waals surface area contributed by atoms with Gasteiger partial charge in [0.05, 0.1) is 13.2 Å². The molecule has 1 aromatic heterocycles. The van der Waals surface area contributed by atoms with E-state index in [2.05, 4.69) is 0 Å². The number of nitrogens with zero attached hydrogens (tertiary/aromatic N) is 2. The SMILES string of the molecule is CCCn1c(C(=O)N2CCOCC2)cc2ccccc2c1=O. The quantitative estimate of drug-likeness (QED) is 0.869. The highest BCUT2D eigenvalue weighted by Gasteiger charge is 2.22. The van der Waals surface area contributed by atoms with E-state index in [1.165, 1.54) is 0 Å². The number of morpholine rings is 1. The first-order valence-electron chi connectivity index (χ1n) is 7.72. The largest absolute Gasteiger partial charge is 0.378 e. The van der Waals surface area contributed by atoms with Crippen molar-refractivity contribution in [2.45, 2.75) is 19.9 Å². The van der Waals surface area contributed by atoms with Gasteiger partial charge in [0.1, 0.15) is 5.69 Å². The lowest BCUT2D eigenvalue weighted by Gasteiger charge is -2.28. The van der Waals surface area contributed by atoms with Crippen molar-refractivity contribution in [3.05, 3.63) is 46.4 Å². The van der Waals surface area contributed by atoms with E-state index < -0.39 is 0 Å². The molecule has 1 saturated heterocycles. The van der Waals surface area contributed by atoms with Crippen LogP contribution in [0.4, 0.5) is 0 Å². The highest BCUT2D eigenvalue weighted by atomic mass is 16.5. The molecular formula is C17H20N2O3. The number of rotatable bonds is 3. The molecule has 1 fully saturated rings. The Hall–Kier alpha value is -2.14. The number of fused-ring (bicyclic) bond motifs is 1. The number of carbonyl (C=O) groups is 1. The van der Waals surface area contributed by atoms with Crippen molar-refractivity contribution in [1.29, 1.82) is 0 Å². The Balaban J connectivity index is 2.12. The standard InChI is InChI=1S/C17H20N2O3/c1-2-7-19-15(17(21)18-8-10-22-11-9-18)12-13-5-3-4-6-14(13)16(19)20/h3-6,12H,2,7-11H2,1H3. The molecule has 0 radical (unpaired) electrons. The third kappa shape index (κ3) is 2.64. The number of benzene rings is 1. The van der Waals surface area contributed by atoms with Crippen molar-refractivity contribution < 1.29 is 9.53 Å². The van der Waals surface area contributed by atoms with Gasteiger partial charge >= 0.3 is 0 Å². The molecule has 0 N–H and O–H groups in total. The summed E-state index contributed by atoms with van der Waals surface area (Å²) in [6.07, 6.45) is 0.807. The molecule has 5 nitrogen and oxygen atoms in total. The Labute approximate surface area is 129 Å². The van der Waals surface area contributed by atoms with Crippen LogP contribution in [0.1, 0.15) is 23.8 Å². The fourth-order valence-corrected chi connectivity index (χ4v) is 2.85. The number of ether oxygens (including phenoxy) is 1. The highest BCUT2D eigenvalue weighted by molar-refractivity contribution is 5.96. The highest BCUT2D eigenvalue weighted by Crippen LogP contribution is 2.15. The minimum absolute atomic E-state index is 0.0837. The molecule has 0 spiro atoms. The molecule has 1 aromatic carbocycles. The Bertz CT molecular complexity index is 745. The first kappa shape index (κ1) is 14.8. The van der Waals surface area contributed by atoms with Crippen LogP contribution in [0.5, 0.6) is 0 Å². The van der Waals surface area contributed by atoms with Crippen LogP contribution in [-0.2, 0) is 11.3 Å². The van der Waals surface area contributed by atoms with E-state index in [4.69, 9.17) is 4.74 Å². The van der Waals surface area contributed by atoms with Gasteiger partial charge in [0, 0.05) is 25.0 Å². The van der Waals surface area contributed by atoms with Gasteiger partial charge in [-0.2, -0.15) is 0 Å². The molecule has 1 aliphatic rings. The van der Waals surface area contributed by atoms with Crippen LogP contribution in [0, 0.1) is 0 Å². The number of hydrogen-bond donors (Lipinski definition) is 0. The van der Waals surface area contributed by atoms with E-state index in [1.54, 1.807) is 9.47 Å². The minimum Gasteiger partial charge on any atom is -0.378 e. The van der Waals surface area contributed by atoms with Gasteiger partial charge in [-0.05, 0) is 23.9 Å². The lowest BCUT2D eigenvalue weighted by molar-refractivity contribution is 0.0295. The van der Waals surface area contributed by atoms with Crippen LogP contribution in [0.15, 0.2) is 35.1 Å². The molecule has 1 aliphatic heterocycles. The van der Waals surface area contributed by atoms with Crippen LogP contribution < -0.4 is 5.56 Å². The third-order valence-electron chi connectivity index (χ3n) is 3.98. The number of aromatic nitrogens is 1. The van der Waals surface area contributed by atoms with Gasteiger partial charge in [0.2, 0.25) is 0 Å². The molecule has 22 heavy (non-hydrogen) atoms. The molecule has 0 aliphatic carbocycles. The molecule has 3 rings (SSSR count). The van der Waals surface area contributed by atoms with E-state index in [9.17, 15) is 9.59 Å². The predicted molar refractivity (Wildman–Crippen MR) is 85.2 cm³/mol. The zero-order valence-electron chi connectivity index (χ0n) is 12.7. The van der Waals surface area contributed by atoms with Crippen molar-refractivity contribution >= 4 is 16.7 Å². The average molecular weight is 300 g/mol. The first-order valence-corrected chi connectivity index (χ1v) is 7.72. The molecule has 116 valence electrons. The summed E-state index contributed by atoms with van der Waals surface area (Å²) >= 11 is 0. The predicted octanol–water partition coefficient (Wildman–Crippen LogP) is 1.88. The van der Waals surface area contributed by atoms with Crippen molar-refractivity contribution in [2.24, 2.45) is 0 Å². The van der Waals surface area contributed by atoms with Crippen molar-refractivity contribution in [2.75, 3.05) is 26.3 Å². The van der Waals surface area contributed by atoms with Gasteiger partial charge in [-0.15, -0.1) is 0 Å². The van der Waals surface area contributed by atoms with Crippen LogP contribution in [0.2, 0.25) is 0 Å². The van der Waals surface area contributed by atoms with Crippen molar-refractivity contribution in [3.8, 4) is 0 Å². The molecule has 1 amide bonds. The number of carbonyl (C=O) groups excluding carboxylic acids is 1. The van der Waals surface area contributed by atoms with Crippen molar-refractivity contribution in [1.82, 2.24) is 9.47 Å². The fraction of sp³-hybridized carbons (Fsp3) is 0.412. The maximum absolute atomic E-state index is 12.8. The molecule has 2 aromatic rings. The minimum atomic E-state index is -0.0865. The summed E-state index contributed by atoms with van der Waals surface area (Å²) in [6.45, 7) is 4.81. The van der Waals surface area contributed by atoms with E-state index >= 15 is 0 Å². The molecule has 2 heterocycles. The number of hydrogen-bond acceptors (Lipinski definition) is 3. The summed E-state index contributed by atoms with van der Waals surface area (Å²) in [7, 11) is 0. The smallest absolute Gasteiger partial charge is 0.270 e. The average Bonchev–Trinajstić information content (AvgIpc) is 2.57. The van der Waals surface area contributed by atoms with Gasteiger partial charge in [0.15, 0.2) is 0 Å². The molecule has 0 atom stereocenters. The summed E-state index contributed by atoms with van der Waals surface area (Å²) in [4.78, 5) is 27.3. The van der Waals surface area contributed by atoms with Gasteiger partial charge in [-0.25, -0.2) is 0 Å². The van der Waals surface area contributed by atoms with Crippen LogP contribution in [0.25, 0.3) is 10.8 Å². The Kier molecular flexibility index (Phi) is 4.24. The number of amides is 1. The molecule has 0 bridgehead atoms. The second-order valence-electron chi connectivity index (χ2n) is 5.48. The van der Waals surface area contributed by atoms with Gasteiger partial charge in [-0.1, -0.05) is 25.1 Å². The summed E-state index contributed by atoms with van der Waals surface area (Å²) in [5.41, 5.74) is 0.393. The normalized spacial score (nSPS) is 15.2. The van der Waals surface area contributed by atoms with Gasteiger partial charge < -0.3 is 14.2 Å². The maximum Gasteiger partial charge on any atom is 0.270 e. The van der Waals surface area contributed by atoms with Crippen LogP contribution in [-0.4, -0.2) is 41.7 Å². The summed E-state index contributed by atoms with van der Waals surface area (Å²) < 4.78 is 6.91. The topological polar surface area (TPSA) is 51.5 Å². The lowest BCUT2D eigenvalue weighted by Crippen LogP contribution is -2.42. The van der Waals surface area contributed by atoms with Crippen LogP contribution in [0.3, 0.4) is 0 Å². The van der Waals surface area contributed by atoms with E-state index in [1.807, 2.05) is 37.3 Å². The first-order chi connectivity index (χ1) is 10.7. The Morgan fingerprint density at radius 3 is 2.68 bits per heavy atom. The summed E-state index contributed by atoms with van der Waals surface area (Å²) in [6, 6.07) is 9.26.